The Kier molecular flexibility index (Phi) is 5.93. The van der Waals surface area contributed by atoms with Crippen molar-refractivity contribution in [2.75, 3.05) is 17.7 Å². The lowest BCUT2D eigenvalue weighted by atomic mass is 10.1. The minimum absolute atomic E-state index is 0.0877. The number of amides is 1. The predicted molar refractivity (Wildman–Crippen MR) is 95.1 cm³/mol. The second-order valence-corrected chi connectivity index (χ2v) is 7.06. The van der Waals surface area contributed by atoms with Crippen LogP contribution in [0, 0.1) is 6.92 Å². The van der Waals surface area contributed by atoms with E-state index in [1.807, 2.05) is 30.3 Å². The van der Waals surface area contributed by atoms with Gasteiger partial charge < -0.3 is 14.6 Å². The van der Waals surface area contributed by atoms with E-state index in [9.17, 15) is 4.79 Å². The number of aromatic nitrogens is 1. The summed E-state index contributed by atoms with van der Waals surface area (Å²) in [4.78, 5) is 12.7. The van der Waals surface area contributed by atoms with Crippen LogP contribution in [0.2, 0.25) is 0 Å². The average molecular weight is 346 g/mol. The molecule has 1 aliphatic rings. The van der Waals surface area contributed by atoms with Crippen LogP contribution < -0.4 is 5.32 Å². The first-order valence-corrected chi connectivity index (χ1v) is 9.29. The molecule has 24 heavy (non-hydrogen) atoms. The highest BCUT2D eigenvalue weighted by Crippen LogP contribution is 2.32. The second-order valence-electron chi connectivity index (χ2n) is 5.92. The van der Waals surface area contributed by atoms with Gasteiger partial charge in [-0.05, 0) is 31.7 Å². The van der Waals surface area contributed by atoms with Crippen molar-refractivity contribution in [2.45, 2.75) is 37.5 Å². The zero-order chi connectivity index (χ0) is 16.8. The van der Waals surface area contributed by atoms with E-state index in [1.54, 1.807) is 24.8 Å². The van der Waals surface area contributed by atoms with Crippen molar-refractivity contribution in [1.29, 1.82) is 0 Å². The maximum absolute atomic E-state index is 12.7. The van der Waals surface area contributed by atoms with Gasteiger partial charge in [0.25, 0.3) is 0 Å². The largest absolute Gasteiger partial charge is 0.377 e. The molecule has 0 spiro atoms. The van der Waals surface area contributed by atoms with Gasteiger partial charge in [-0.15, -0.1) is 11.8 Å². The molecule has 2 aromatic rings. The van der Waals surface area contributed by atoms with Crippen molar-refractivity contribution in [3.63, 3.8) is 0 Å². The number of carbonyl (C=O) groups excluding carboxylic acids is 1. The number of anilines is 1. The van der Waals surface area contributed by atoms with Gasteiger partial charge in [-0.2, -0.15) is 0 Å². The summed E-state index contributed by atoms with van der Waals surface area (Å²) >= 11 is 1.62. The Morgan fingerprint density at radius 3 is 2.88 bits per heavy atom. The zero-order valence-electron chi connectivity index (χ0n) is 13.7. The van der Waals surface area contributed by atoms with Crippen LogP contribution in [0.3, 0.4) is 0 Å². The highest BCUT2D eigenvalue weighted by Gasteiger charge is 2.24. The molecule has 128 valence electrons. The molecule has 0 bridgehead atoms. The lowest BCUT2D eigenvalue weighted by molar-refractivity contribution is -0.115. The Labute approximate surface area is 146 Å². The fraction of sp³-hybridized carbons (Fsp3) is 0.444. The van der Waals surface area contributed by atoms with Crippen molar-refractivity contribution in [3.05, 3.63) is 47.7 Å². The maximum atomic E-state index is 12.7. The summed E-state index contributed by atoms with van der Waals surface area (Å²) in [5.41, 5.74) is 0.982. The van der Waals surface area contributed by atoms with E-state index in [1.165, 1.54) is 6.42 Å². The Hall–Kier alpha value is -1.79. The fourth-order valence-corrected chi connectivity index (χ4v) is 3.94. The van der Waals surface area contributed by atoms with Gasteiger partial charge in [0.2, 0.25) is 5.91 Å². The third kappa shape index (κ3) is 4.61. The Morgan fingerprint density at radius 1 is 1.38 bits per heavy atom. The van der Waals surface area contributed by atoms with Crippen molar-refractivity contribution >= 4 is 23.5 Å². The van der Waals surface area contributed by atoms with E-state index in [2.05, 4.69) is 10.5 Å². The van der Waals surface area contributed by atoms with Crippen LogP contribution in [0.25, 0.3) is 0 Å². The van der Waals surface area contributed by atoms with E-state index in [0.29, 0.717) is 11.6 Å². The minimum atomic E-state index is -0.297. The number of aryl methyl sites for hydroxylation is 1. The lowest BCUT2D eigenvalue weighted by Gasteiger charge is -2.24. The number of nitrogens with one attached hydrogen (secondary N) is 1. The molecule has 1 aliphatic heterocycles. The van der Waals surface area contributed by atoms with Gasteiger partial charge in [0.05, 0.1) is 6.10 Å². The first-order valence-electron chi connectivity index (χ1n) is 8.25. The van der Waals surface area contributed by atoms with Crippen LogP contribution >= 0.6 is 11.8 Å². The summed E-state index contributed by atoms with van der Waals surface area (Å²) < 4.78 is 10.8. The smallest absolute Gasteiger partial charge is 0.243 e. The average Bonchev–Trinajstić information content (AvgIpc) is 3.02. The molecule has 1 aromatic heterocycles. The molecule has 1 fully saturated rings. The van der Waals surface area contributed by atoms with Crippen LogP contribution in [-0.4, -0.2) is 29.5 Å². The molecule has 1 N–H and O–H groups in total. The van der Waals surface area contributed by atoms with E-state index in [0.717, 1.165) is 30.8 Å². The van der Waals surface area contributed by atoms with E-state index >= 15 is 0 Å². The summed E-state index contributed by atoms with van der Waals surface area (Å²) in [7, 11) is 0. The van der Waals surface area contributed by atoms with Crippen molar-refractivity contribution < 1.29 is 14.1 Å². The highest BCUT2D eigenvalue weighted by atomic mass is 32.2. The van der Waals surface area contributed by atoms with Crippen molar-refractivity contribution in [2.24, 2.45) is 0 Å². The van der Waals surface area contributed by atoms with E-state index < -0.39 is 0 Å². The zero-order valence-corrected chi connectivity index (χ0v) is 14.6. The SMILES string of the molecule is Cc1cc(NC(=O)[C@@H](SC[C@@H]2CCCCO2)c2ccccc2)no1. The van der Waals surface area contributed by atoms with Gasteiger partial charge in [0, 0.05) is 18.4 Å². The summed E-state index contributed by atoms with van der Waals surface area (Å²) in [5.74, 6) is 1.85. The van der Waals surface area contributed by atoms with Gasteiger partial charge >= 0.3 is 0 Å². The molecule has 6 heteroatoms. The molecule has 0 radical (unpaired) electrons. The molecule has 1 saturated heterocycles. The van der Waals surface area contributed by atoms with Gasteiger partial charge in [0.15, 0.2) is 5.82 Å². The fourth-order valence-electron chi connectivity index (χ4n) is 2.71. The molecular formula is C18H22N2O3S. The lowest BCUT2D eigenvalue weighted by Crippen LogP contribution is -2.24. The first kappa shape index (κ1) is 17.0. The molecule has 1 aromatic carbocycles. The number of carbonyl (C=O) groups is 1. The number of hydrogen-bond donors (Lipinski definition) is 1. The number of rotatable bonds is 6. The van der Waals surface area contributed by atoms with Crippen molar-refractivity contribution in [3.8, 4) is 0 Å². The number of hydrogen-bond acceptors (Lipinski definition) is 5. The van der Waals surface area contributed by atoms with Gasteiger partial charge in [-0.3, -0.25) is 4.79 Å². The second kappa shape index (κ2) is 8.35. The molecule has 0 saturated carbocycles. The van der Waals surface area contributed by atoms with Gasteiger partial charge in [0.1, 0.15) is 11.0 Å². The van der Waals surface area contributed by atoms with Crippen LogP contribution in [0.1, 0.15) is 35.8 Å². The molecule has 0 aliphatic carbocycles. The van der Waals surface area contributed by atoms with E-state index in [4.69, 9.17) is 9.26 Å². The molecule has 3 rings (SSSR count). The molecular weight excluding hydrogens is 324 g/mol. The monoisotopic (exact) mass is 346 g/mol. The van der Waals surface area contributed by atoms with Crippen LogP contribution in [0.15, 0.2) is 40.9 Å². The number of nitrogens with zero attached hydrogens (tertiary/aromatic N) is 1. The maximum Gasteiger partial charge on any atom is 0.243 e. The van der Waals surface area contributed by atoms with Gasteiger partial charge in [-0.25, -0.2) is 0 Å². The third-order valence-corrected chi connectivity index (χ3v) is 5.33. The normalized spacial score (nSPS) is 19.0. The summed E-state index contributed by atoms with van der Waals surface area (Å²) in [6.45, 7) is 2.62. The molecule has 1 amide bonds. The third-order valence-electron chi connectivity index (χ3n) is 3.94. The van der Waals surface area contributed by atoms with E-state index in [-0.39, 0.29) is 17.3 Å². The van der Waals surface area contributed by atoms with Crippen LogP contribution in [-0.2, 0) is 9.53 Å². The summed E-state index contributed by atoms with van der Waals surface area (Å²) in [5, 5.41) is 6.39. The first-order chi connectivity index (χ1) is 11.7. The summed E-state index contributed by atoms with van der Waals surface area (Å²) in [6.07, 6.45) is 3.64. The minimum Gasteiger partial charge on any atom is -0.377 e. The van der Waals surface area contributed by atoms with Crippen LogP contribution in [0.5, 0.6) is 0 Å². The Morgan fingerprint density at radius 2 is 2.21 bits per heavy atom. The highest BCUT2D eigenvalue weighted by molar-refractivity contribution is 8.00. The summed E-state index contributed by atoms with van der Waals surface area (Å²) in [6, 6.07) is 11.5. The van der Waals surface area contributed by atoms with Crippen LogP contribution in [0.4, 0.5) is 5.82 Å². The van der Waals surface area contributed by atoms with Crippen molar-refractivity contribution in [1.82, 2.24) is 5.16 Å². The molecule has 0 unspecified atom stereocenters. The Bertz CT molecular complexity index is 653. The number of benzene rings is 1. The topological polar surface area (TPSA) is 64.4 Å². The Balaban J connectivity index is 1.68. The van der Waals surface area contributed by atoms with Gasteiger partial charge in [-0.1, -0.05) is 35.5 Å². The predicted octanol–water partition coefficient (Wildman–Crippen LogP) is 3.97. The molecule has 2 heterocycles. The molecule has 5 nitrogen and oxygen atoms in total. The quantitative estimate of drug-likeness (QED) is 0.857. The number of ether oxygens (including phenoxy) is 1. The molecule has 2 atom stereocenters. The standard InChI is InChI=1S/C18H22N2O3S/c1-13-11-16(20-23-13)19-18(21)17(14-7-3-2-4-8-14)24-12-15-9-5-6-10-22-15/h2-4,7-8,11,15,17H,5-6,9-10,12H2,1H3,(H,19,20,21)/t15-,17-/m0/s1. The number of thioether (sulfide) groups is 1.